The SMILES string of the molecule is C=C(C(=O)OC(OCC(F)(F)S(=O)(=O)O)(C(=O)N(C)C)C(F)(F)F)C(F)(F)F. The third-order valence-corrected chi connectivity index (χ3v) is 3.58. The summed E-state index contributed by atoms with van der Waals surface area (Å²) in [6.07, 6.45) is -11.9. The minimum Gasteiger partial charge on any atom is -0.412 e. The second-order valence-electron chi connectivity index (χ2n) is 5.08. The highest BCUT2D eigenvalue weighted by molar-refractivity contribution is 7.86. The van der Waals surface area contributed by atoms with Crippen LogP contribution in [-0.4, -0.2) is 73.8 Å². The van der Waals surface area contributed by atoms with E-state index in [9.17, 15) is 53.1 Å². The summed E-state index contributed by atoms with van der Waals surface area (Å²) in [5, 5.41) is -5.45. The lowest BCUT2D eigenvalue weighted by Gasteiger charge is -2.35. The van der Waals surface area contributed by atoms with Crippen molar-refractivity contribution in [3.8, 4) is 0 Å². The van der Waals surface area contributed by atoms with Gasteiger partial charge in [-0.3, -0.25) is 9.35 Å². The first-order chi connectivity index (χ1) is 12.1. The molecule has 0 rings (SSSR count). The van der Waals surface area contributed by atoms with Crippen LogP contribution >= 0.6 is 0 Å². The molecule has 0 aromatic rings. The molecule has 0 saturated carbocycles. The van der Waals surface area contributed by atoms with Crippen LogP contribution in [0.4, 0.5) is 35.1 Å². The molecule has 0 radical (unpaired) electrons. The summed E-state index contributed by atoms with van der Waals surface area (Å²) in [5.41, 5.74) is -2.56. The molecule has 17 heteroatoms. The maximum absolute atomic E-state index is 13.4. The Labute approximate surface area is 151 Å². The van der Waals surface area contributed by atoms with Crippen LogP contribution in [0, 0.1) is 0 Å². The molecule has 0 spiro atoms. The van der Waals surface area contributed by atoms with Crippen LogP contribution in [0.15, 0.2) is 12.2 Å². The highest BCUT2D eigenvalue weighted by Crippen LogP contribution is 2.39. The van der Waals surface area contributed by atoms with E-state index >= 15 is 0 Å². The lowest BCUT2D eigenvalue weighted by Crippen LogP contribution is -2.62. The first-order valence-electron chi connectivity index (χ1n) is 6.37. The van der Waals surface area contributed by atoms with Crippen LogP contribution in [-0.2, 0) is 29.2 Å². The zero-order chi connectivity index (χ0) is 22.9. The number of rotatable bonds is 7. The van der Waals surface area contributed by atoms with Crippen molar-refractivity contribution in [2.24, 2.45) is 0 Å². The van der Waals surface area contributed by atoms with Gasteiger partial charge < -0.3 is 14.4 Å². The summed E-state index contributed by atoms with van der Waals surface area (Å²) in [4.78, 5) is 23.1. The van der Waals surface area contributed by atoms with Crippen molar-refractivity contribution in [3.05, 3.63) is 12.2 Å². The number of carbonyl (C=O) groups is 2. The minimum absolute atomic E-state index is 0.0529. The average Bonchev–Trinajstić information content (AvgIpc) is 2.46. The van der Waals surface area contributed by atoms with E-state index in [-0.39, 0.29) is 4.90 Å². The van der Waals surface area contributed by atoms with Crippen molar-refractivity contribution in [1.82, 2.24) is 4.90 Å². The van der Waals surface area contributed by atoms with Gasteiger partial charge in [0.2, 0.25) is 0 Å². The van der Waals surface area contributed by atoms with Crippen molar-refractivity contribution in [2.45, 2.75) is 23.4 Å². The number of esters is 1. The maximum Gasteiger partial charge on any atom is 0.466 e. The predicted octanol–water partition coefficient (Wildman–Crippen LogP) is 1.49. The van der Waals surface area contributed by atoms with Crippen LogP contribution in [0.25, 0.3) is 0 Å². The summed E-state index contributed by atoms with van der Waals surface area (Å²) in [7, 11) is -5.26. The minimum atomic E-state index is -6.37. The highest BCUT2D eigenvalue weighted by atomic mass is 32.2. The van der Waals surface area contributed by atoms with Crippen LogP contribution in [0.3, 0.4) is 0 Å². The van der Waals surface area contributed by atoms with Gasteiger partial charge in [0, 0.05) is 14.1 Å². The number of hydrogen-bond acceptors (Lipinski definition) is 6. The Kier molecular flexibility index (Phi) is 7.22. The van der Waals surface area contributed by atoms with Crippen molar-refractivity contribution < 1.29 is 67.2 Å². The molecular weight excluding hydrogens is 442 g/mol. The van der Waals surface area contributed by atoms with Crippen molar-refractivity contribution in [3.63, 3.8) is 0 Å². The monoisotopic (exact) mass is 453 g/mol. The zero-order valence-corrected chi connectivity index (χ0v) is 14.5. The molecule has 0 fully saturated rings. The summed E-state index contributed by atoms with van der Waals surface area (Å²) in [5.74, 6) is -10.5. The van der Waals surface area contributed by atoms with Crippen molar-refractivity contribution in [2.75, 3.05) is 20.7 Å². The van der Waals surface area contributed by atoms with Crippen LogP contribution < -0.4 is 0 Å². The Hall–Kier alpha value is -2.01. The number of hydrogen-bond donors (Lipinski definition) is 1. The Morgan fingerprint density at radius 3 is 1.75 bits per heavy atom. The first-order valence-corrected chi connectivity index (χ1v) is 7.81. The Balaban J connectivity index is 6.32. The number of nitrogens with zero attached hydrogens (tertiary/aromatic N) is 1. The first kappa shape index (κ1) is 26.0. The van der Waals surface area contributed by atoms with Gasteiger partial charge in [0.15, 0.2) is 0 Å². The topological polar surface area (TPSA) is 110 Å². The molecule has 0 aromatic heterocycles. The van der Waals surface area contributed by atoms with Gasteiger partial charge in [-0.2, -0.15) is 43.5 Å². The molecule has 1 N–H and O–H groups in total. The highest BCUT2D eigenvalue weighted by Gasteiger charge is 2.68. The molecule has 164 valence electrons. The third kappa shape index (κ3) is 5.51. The normalized spacial score (nSPS) is 15.5. The number of halogens is 8. The van der Waals surface area contributed by atoms with E-state index in [1.165, 1.54) is 0 Å². The van der Waals surface area contributed by atoms with Crippen LogP contribution in [0.1, 0.15) is 0 Å². The fourth-order valence-electron chi connectivity index (χ4n) is 1.26. The zero-order valence-electron chi connectivity index (χ0n) is 13.7. The second-order valence-corrected chi connectivity index (χ2v) is 6.63. The van der Waals surface area contributed by atoms with Gasteiger partial charge in [0.1, 0.15) is 12.2 Å². The predicted molar refractivity (Wildman–Crippen MR) is 71.2 cm³/mol. The van der Waals surface area contributed by atoms with E-state index in [1.807, 2.05) is 0 Å². The van der Waals surface area contributed by atoms with Crippen molar-refractivity contribution >= 4 is 22.0 Å². The summed E-state index contributed by atoms with van der Waals surface area (Å²) in [6.45, 7) is -0.807. The third-order valence-electron chi connectivity index (χ3n) is 2.71. The molecular formula is C11H11F8NO7S. The molecule has 8 nitrogen and oxygen atoms in total. The Morgan fingerprint density at radius 2 is 1.46 bits per heavy atom. The fraction of sp³-hybridized carbons (Fsp3) is 0.636. The Bertz CT molecular complexity index is 743. The maximum atomic E-state index is 13.4. The summed E-state index contributed by atoms with van der Waals surface area (Å²) >= 11 is 0. The smallest absolute Gasteiger partial charge is 0.412 e. The molecule has 28 heavy (non-hydrogen) atoms. The second kappa shape index (κ2) is 7.78. The molecule has 0 aromatic carbocycles. The van der Waals surface area contributed by atoms with Gasteiger partial charge in [-0.1, -0.05) is 6.58 Å². The standard InChI is InChI=1S/C11H11F8NO7S/c1-5(10(14,15)16)6(21)27-9(11(17,18)19,7(22)20(2)3)26-4-8(12,13)28(23,24)25/h1,4H2,2-3H3,(H,23,24,25). The molecule has 0 saturated heterocycles. The van der Waals surface area contributed by atoms with E-state index in [0.29, 0.717) is 14.1 Å². The van der Waals surface area contributed by atoms with Crippen LogP contribution in [0.2, 0.25) is 0 Å². The van der Waals surface area contributed by atoms with E-state index in [0.717, 1.165) is 0 Å². The summed E-state index contributed by atoms with van der Waals surface area (Å²) in [6, 6.07) is 0. The van der Waals surface area contributed by atoms with Gasteiger partial charge in [-0.25, -0.2) is 4.79 Å². The average molecular weight is 453 g/mol. The molecule has 0 bridgehead atoms. The van der Waals surface area contributed by atoms with Gasteiger partial charge >= 0.3 is 45.4 Å². The molecule has 1 amide bonds. The Morgan fingerprint density at radius 1 is 1.04 bits per heavy atom. The molecule has 0 aliphatic heterocycles. The molecule has 0 aliphatic rings. The van der Waals surface area contributed by atoms with E-state index in [2.05, 4.69) is 16.1 Å². The molecule has 1 unspecified atom stereocenters. The number of alkyl halides is 8. The fourth-order valence-corrected chi connectivity index (χ4v) is 1.47. The van der Waals surface area contributed by atoms with Gasteiger partial charge in [0.05, 0.1) is 0 Å². The lowest BCUT2D eigenvalue weighted by molar-refractivity contribution is -0.356. The molecule has 0 aliphatic carbocycles. The number of amides is 1. The molecule has 0 heterocycles. The largest absolute Gasteiger partial charge is 0.466 e. The lowest BCUT2D eigenvalue weighted by atomic mass is 10.2. The van der Waals surface area contributed by atoms with Gasteiger partial charge in [-0.15, -0.1) is 0 Å². The van der Waals surface area contributed by atoms with Gasteiger partial charge in [-0.05, 0) is 0 Å². The van der Waals surface area contributed by atoms with Crippen molar-refractivity contribution in [1.29, 1.82) is 0 Å². The number of ether oxygens (including phenoxy) is 2. The van der Waals surface area contributed by atoms with E-state index in [4.69, 9.17) is 4.55 Å². The summed E-state index contributed by atoms with van der Waals surface area (Å²) < 4.78 is 140. The molecule has 1 atom stereocenters. The number of likely N-dealkylation sites (N-methyl/N-ethyl adjacent to an activating group) is 1. The van der Waals surface area contributed by atoms with Crippen LogP contribution in [0.5, 0.6) is 0 Å². The number of carbonyl (C=O) groups excluding carboxylic acids is 2. The van der Waals surface area contributed by atoms with E-state index < -0.39 is 57.6 Å². The quantitative estimate of drug-likeness (QED) is 0.205. The van der Waals surface area contributed by atoms with Gasteiger partial charge in [0.25, 0.3) is 0 Å². The van der Waals surface area contributed by atoms with E-state index in [1.54, 1.807) is 0 Å².